The van der Waals surface area contributed by atoms with E-state index in [4.69, 9.17) is 11.6 Å². The number of benzene rings is 1. The molecule has 0 radical (unpaired) electrons. The summed E-state index contributed by atoms with van der Waals surface area (Å²) in [5.41, 5.74) is 3.21. The van der Waals surface area contributed by atoms with Gasteiger partial charge < -0.3 is 5.32 Å². The Bertz CT molecular complexity index is 1130. The Morgan fingerprint density at radius 2 is 2.10 bits per heavy atom. The molecule has 0 bridgehead atoms. The molecular formula is C22H20ClN3O2S2. The number of fused-ring (bicyclic) bond motifs is 1. The summed E-state index contributed by atoms with van der Waals surface area (Å²) in [6, 6.07) is 9.52. The summed E-state index contributed by atoms with van der Waals surface area (Å²) in [4.78, 5) is 33.6. The third kappa shape index (κ3) is 4.24. The zero-order valence-electron chi connectivity index (χ0n) is 16.6. The van der Waals surface area contributed by atoms with Crippen LogP contribution in [-0.4, -0.2) is 29.1 Å². The van der Waals surface area contributed by atoms with Gasteiger partial charge in [0.25, 0.3) is 5.91 Å². The quantitative estimate of drug-likeness (QED) is 0.575. The van der Waals surface area contributed by atoms with Crippen molar-refractivity contribution in [2.75, 3.05) is 17.2 Å². The van der Waals surface area contributed by atoms with Gasteiger partial charge in [0.15, 0.2) is 0 Å². The van der Waals surface area contributed by atoms with Crippen LogP contribution in [0.4, 0.5) is 11.5 Å². The number of rotatable bonds is 5. The molecule has 0 saturated heterocycles. The lowest BCUT2D eigenvalue weighted by Gasteiger charge is -2.28. The van der Waals surface area contributed by atoms with E-state index in [0.29, 0.717) is 30.1 Å². The number of nitrogens with zero attached hydrogens (tertiary/aromatic N) is 2. The number of hydrogen-bond donors (Lipinski definition) is 1. The Hall–Kier alpha value is -2.35. The molecule has 3 heterocycles. The molecule has 1 aliphatic heterocycles. The number of nitrogens with one attached hydrogen (secondary N) is 1. The molecule has 30 heavy (non-hydrogen) atoms. The number of carbonyl (C=O) groups is 2. The number of hydrogen-bond acceptors (Lipinski definition) is 5. The summed E-state index contributed by atoms with van der Waals surface area (Å²) in [5.74, 6) is 0.565. The Balaban J connectivity index is 1.57. The van der Waals surface area contributed by atoms with Gasteiger partial charge in [-0.2, -0.15) is 0 Å². The molecule has 0 spiro atoms. The molecule has 2 aromatic heterocycles. The fourth-order valence-corrected chi connectivity index (χ4v) is 5.40. The standard InChI is InChI=1S/C22H20ClN3O2S2/c1-13-3-4-17-19(9-13)30-12-21(27)26(17)20-10-15(14(2)11-25-20)22(28)24-7-5-18-16(23)6-8-29-18/h3-4,6,8-11H,5,7,12H2,1-2H3,(H,24,28). The van der Waals surface area contributed by atoms with E-state index in [1.54, 1.807) is 28.5 Å². The van der Waals surface area contributed by atoms with Crippen LogP contribution >= 0.6 is 34.7 Å². The molecule has 154 valence electrons. The minimum Gasteiger partial charge on any atom is -0.352 e. The lowest BCUT2D eigenvalue weighted by molar-refractivity contribution is -0.115. The molecule has 1 aliphatic rings. The third-order valence-electron chi connectivity index (χ3n) is 4.85. The largest absolute Gasteiger partial charge is 0.352 e. The van der Waals surface area contributed by atoms with E-state index in [-0.39, 0.29) is 11.8 Å². The van der Waals surface area contributed by atoms with E-state index >= 15 is 0 Å². The Kier molecular flexibility index (Phi) is 6.13. The highest BCUT2D eigenvalue weighted by atomic mass is 35.5. The van der Waals surface area contributed by atoms with Crippen molar-refractivity contribution in [3.8, 4) is 0 Å². The topological polar surface area (TPSA) is 62.3 Å². The summed E-state index contributed by atoms with van der Waals surface area (Å²) in [7, 11) is 0. The van der Waals surface area contributed by atoms with Crippen molar-refractivity contribution in [1.82, 2.24) is 10.3 Å². The molecule has 1 N–H and O–H groups in total. The van der Waals surface area contributed by atoms with E-state index in [1.807, 2.05) is 37.4 Å². The molecule has 0 atom stereocenters. The number of aryl methyl sites for hydroxylation is 2. The highest BCUT2D eigenvalue weighted by Gasteiger charge is 2.28. The van der Waals surface area contributed by atoms with Crippen LogP contribution in [0.5, 0.6) is 0 Å². The second kappa shape index (κ2) is 8.79. The predicted molar refractivity (Wildman–Crippen MR) is 123 cm³/mol. The van der Waals surface area contributed by atoms with Crippen molar-refractivity contribution < 1.29 is 9.59 Å². The maximum absolute atomic E-state index is 12.8. The van der Waals surface area contributed by atoms with Gasteiger partial charge >= 0.3 is 0 Å². The van der Waals surface area contributed by atoms with Gasteiger partial charge in [-0.3, -0.25) is 14.5 Å². The first-order chi connectivity index (χ1) is 14.4. The molecule has 0 saturated carbocycles. The number of thioether (sulfide) groups is 1. The second-order valence-electron chi connectivity index (χ2n) is 7.04. The minimum absolute atomic E-state index is 0.0496. The van der Waals surface area contributed by atoms with Crippen LogP contribution in [0.1, 0.15) is 26.4 Å². The predicted octanol–water partition coefficient (Wildman–Crippen LogP) is 5.16. The highest BCUT2D eigenvalue weighted by molar-refractivity contribution is 8.00. The molecule has 0 aliphatic carbocycles. The maximum Gasteiger partial charge on any atom is 0.251 e. The van der Waals surface area contributed by atoms with Crippen molar-refractivity contribution in [3.63, 3.8) is 0 Å². The summed E-state index contributed by atoms with van der Waals surface area (Å²) in [6.07, 6.45) is 2.32. The Morgan fingerprint density at radius 1 is 1.27 bits per heavy atom. The van der Waals surface area contributed by atoms with Crippen LogP contribution in [-0.2, 0) is 11.2 Å². The first-order valence-corrected chi connectivity index (χ1v) is 11.7. The fourth-order valence-electron chi connectivity index (χ4n) is 3.28. The maximum atomic E-state index is 12.8. The molecule has 4 rings (SSSR count). The van der Waals surface area contributed by atoms with E-state index in [1.165, 1.54) is 11.8 Å². The zero-order valence-corrected chi connectivity index (χ0v) is 19.0. The van der Waals surface area contributed by atoms with Gasteiger partial charge in [0.05, 0.1) is 16.5 Å². The van der Waals surface area contributed by atoms with Gasteiger partial charge in [-0.15, -0.1) is 23.1 Å². The van der Waals surface area contributed by atoms with E-state index in [0.717, 1.165) is 31.6 Å². The van der Waals surface area contributed by atoms with Crippen LogP contribution in [0.3, 0.4) is 0 Å². The number of amides is 2. The van der Waals surface area contributed by atoms with E-state index in [2.05, 4.69) is 16.4 Å². The van der Waals surface area contributed by atoms with Crippen LogP contribution in [0.25, 0.3) is 0 Å². The van der Waals surface area contributed by atoms with Crippen LogP contribution in [0.15, 0.2) is 46.8 Å². The van der Waals surface area contributed by atoms with E-state index in [9.17, 15) is 9.59 Å². The van der Waals surface area contributed by atoms with Gasteiger partial charge in [0.2, 0.25) is 5.91 Å². The molecular weight excluding hydrogens is 438 g/mol. The van der Waals surface area contributed by atoms with Gasteiger partial charge in [0.1, 0.15) is 5.82 Å². The summed E-state index contributed by atoms with van der Waals surface area (Å²) in [6.45, 7) is 4.35. The first kappa shape index (κ1) is 20.9. The zero-order chi connectivity index (χ0) is 21.3. The van der Waals surface area contributed by atoms with E-state index < -0.39 is 0 Å². The van der Waals surface area contributed by atoms with Crippen molar-refractivity contribution in [1.29, 1.82) is 0 Å². The SMILES string of the molecule is Cc1ccc2c(c1)SCC(=O)N2c1cc(C(=O)NCCc2sccc2Cl)c(C)cn1. The van der Waals surface area contributed by atoms with Crippen molar-refractivity contribution in [2.45, 2.75) is 25.2 Å². The van der Waals surface area contributed by atoms with Crippen LogP contribution < -0.4 is 10.2 Å². The summed E-state index contributed by atoms with van der Waals surface area (Å²) in [5, 5.41) is 5.61. The number of halogens is 1. The first-order valence-electron chi connectivity index (χ1n) is 9.47. The van der Waals surface area contributed by atoms with Crippen molar-refractivity contribution in [2.24, 2.45) is 0 Å². The molecule has 2 amide bonds. The van der Waals surface area contributed by atoms with Crippen LogP contribution in [0.2, 0.25) is 5.02 Å². The average molecular weight is 458 g/mol. The smallest absolute Gasteiger partial charge is 0.251 e. The molecule has 5 nitrogen and oxygen atoms in total. The lowest BCUT2D eigenvalue weighted by atomic mass is 10.1. The third-order valence-corrected chi connectivity index (χ3v) is 7.32. The number of anilines is 2. The number of thiophene rings is 1. The van der Waals surface area contributed by atoms with Crippen molar-refractivity contribution in [3.05, 3.63) is 68.5 Å². The fraction of sp³-hybridized carbons (Fsp3) is 0.227. The van der Waals surface area contributed by atoms with Gasteiger partial charge in [-0.1, -0.05) is 17.7 Å². The Labute approximate surface area is 188 Å². The summed E-state index contributed by atoms with van der Waals surface area (Å²) < 4.78 is 0. The Morgan fingerprint density at radius 3 is 2.87 bits per heavy atom. The molecule has 0 unspecified atom stereocenters. The van der Waals surface area contributed by atoms with Gasteiger partial charge in [-0.25, -0.2) is 4.98 Å². The molecule has 3 aromatic rings. The van der Waals surface area contributed by atoms with Gasteiger partial charge in [-0.05, 0) is 54.6 Å². The molecule has 1 aromatic carbocycles. The minimum atomic E-state index is -0.188. The second-order valence-corrected chi connectivity index (χ2v) is 9.47. The molecule has 8 heteroatoms. The number of pyridine rings is 1. The highest BCUT2D eigenvalue weighted by Crippen LogP contribution is 2.39. The molecule has 0 fully saturated rings. The van der Waals surface area contributed by atoms with Crippen molar-refractivity contribution >= 4 is 58.0 Å². The number of aromatic nitrogens is 1. The normalized spacial score (nSPS) is 13.3. The van der Waals surface area contributed by atoms with Crippen LogP contribution in [0, 0.1) is 13.8 Å². The van der Waals surface area contributed by atoms with Gasteiger partial charge in [0, 0.05) is 34.5 Å². The average Bonchev–Trinajstić information content (AvgIpc) is 3.13. The summed E-state index contributed by atoms with van der Waals surface area (Å²) >= 11 is 9.22. The lowest BCUT2D eigenvalue weighted by Crippen LogP contribution is -2.32. The monoisotopic (exact) mass is 457 g/mol. The number of carbonyl (C=O) groups excluding carboxylic acids is 2.